The summed E-state index contributed by atoms with van der Waals surface area (Å²) in [5, 5.41) is 14.0. The molecule has 3 aliphatic heterocycles. The molecule has 4 heterocycles. The molecule has 144 valence electrons. The molecule has 0 aliphatic carbocycles. The lowest BCUT2D eigenvalue weighted by molar-refractivity contribution is -0.120. The highest BCUT2D eigenvalue weighted by Crippen LogP contribution is 2.28. The Hall–Kier alpha value is -2.41. The zero-order chi connectivity index (χ0) is 18.8. The zero-order valence-corrected chi connectivity index (χ0v) is 15.8. The minimum Gasteiger partial charge on any atom is -0.356 e. The third-order valence-electron chi connectivity index (χ3n) is 5.75. The first-order chi connectivity index (χ1) is 13.1. The average molecular weight is 369 g/mol. The van der Waals surface area contributed by atoms with Crippen LogP contribution in [0.2, 0.25) is 0 Å². The number of fused-ring (bicyclic) bond motifs is 4. The van der Waals surface area contributed by atoms with E-state index in [0.717, 1.165) is 55.4 Å². The molecule has 3 aliphatic rings. The van der Waals surface area contributed by atoms with Gasteiger partial charge >= 0.3 is 0 Å². The van der Waals surface area contributed by atoms with E-state index in [4.69, 9.17) is 0 Å². The lowest BCUT2D eigenvalue weighted by atomic mass is 9.84. The summed E-state index contributed by atoms with van der Waals surface area (Å²) in [4.78, 5) is 27.2. The van der Waals surface area contributed by atoms with E-state index in [9.17, 15) is 9.59 Å². The van der Waals surface area contributed by atoms with Crippen LogP contribution in [0, 0.1) is 5.92 Å². The Morgan fingerprint density at radius 2 is 2.11 bits per heavy atom. The number of H-pyrrole nitrogens is 1. The van der Waals surface area contributed by atoms with Gasteiger partial charge in [0.2, 0.25) is 5.91 Å². The Morgan fingerprint density at radius 3 is 2.81 bits per heavy atom. The van der Waals surface area contributed by atoms with E-state index in [1.165, 1.54) is 0 Å². The number of rotatable bonds is 6. The van der Waals surface area contributed by atoms with Crippen LogP contribution in [0.25, 0.3) is 10.9 Å². The summed E-state index contributed by atoms with van der Waals surface area (Å²) < 4.78 is 0. The predicted octanol–water partition coefficient (Wildman–Crippen LogP) is 1.46. The van der Waals surface area contributed by atoms with Gasteiger partial charge in [-0.25, -0.2) is 0 Å². The van der Waals surface area contributed by atoms with Gasteiger partial charge in [0.25, 0.3) is 5.91 Å². The van der Waals surface area contributed by atoms with Crippen LogP contribution in [0.5, 0.6) is 0 Å². The predicted molar refractivity (Wildman–Crippen MR) is 104 cm³/mol. The van der Waals surface area contributed by atoms with Crippen molar-refractivity contribution in [3.63, 3.8) is 0 Å². The molecule has 1 atom stereocenters. The first-order valence-electron chi connectivity index (χ1n) is 9.91. The van der Waals surface area contributed by atoms with Crippen LogP contribution in [-0.4, -0.2) is 59.1 Å². The summed E-state index contributed by atoms with van der Waals surface area (Å²) in [6, 6.07) is 5.89. The summed E-state index contributed by atoms with van der Waals surface area (Å²) >= 11 is 0. The molecule has 7 heteroatoms. The fourth-order valence-electron chi connectivity index (χ4n) is 4.22. The number of carbonyl (C=O) groups excluding carboxylic acids is 2. The van der Waals surface area contributed by atoms with Crippen molar-refractivity contribution in [2.24, 2.45) is 5.92 Å². The summed E-state index contributed by atoms with van der Waals surface area (Å²) in [7, 11) is 0. The topological polar surface area (TPSA) is 90.1 Å². The standard InChI is InChI=1S/C20H27N5O2/c1-2-7-21-18(26)11-13-3-4-16-15(10-13)19(24-23-16)20(27)22-17-12-25-8-5-14(17)6-9-25/h3-4,10,14,17H,2,5-9,11-12H2,1H3,(H,21,26)(H,22,27)(H,23,24)/t17-/m1/s1. The average Bonchev–Trinajstić information content (AvgIpc) is 3.10. The van der Waals surface area contributed by atoms with Gasteiger partial charge in [0.05, 0.1) is 11.9 Å². The van der Waals surface area contributed by atoms with Gasteiger partial charge in [-0.3, -0.25) is 14.7 Å². The van der Waals surface area contributed by atoms with E-state index in [2.05, 4.69) is 25.7 Å². The fourth-order valence-corrected chi connectivity index (χ4v) is 4.22. The summed E-state index contributed by atoms with van der Waals surface area (Å²) in [5.74, 6) is 0.438. The van der Waals surface area contributed by atoms with Gasteiger partial charge < -0.3 is 15.5 Å². The van der Waals surface area contributed by atoms with E-state index in [0.29, 0.717) is 24.6 Å². The van der Waals surface area contributed by atoms with Gasteiger partial charge in [-0.1, -0.05) is 13.0 Å². The number of carbonyl (C=O) groups is 2. The number of nitrogens with one attached hydrogen (secondary N) is 3. The molecule has 2 aromatic rings. The van der Waals surface area contributed by atoms with Crippen LogP contribution in [0.4, 0.5) is 0 Å². The molecule has 3 saturated heterocycles. The van der Waals surface area contributed by atoms with E-state index in [1.54, 1.807) is 0 Å². The highest BCUT2D eigenvalue weighted by atomic mass is 16.2. The van der Waals surface area contributed by atoms with Crippen molar-refractivity contribution in [2.45, 2.75) is 38.6 Å². The molecular weight excluding hydrogens is 342 g/mol. The first kappa shape index (κ1) is 18.0. The molecule has 3 N–H and O–H groups in total. The molecule has 2 bridgehead atoms. The number of nitrogens with zero attached hydrogens (tertiary/aromatic N) is 2. The van der Waals surface area contributed by atoms with Crippen LogP contribution in [0.1, 0.15) is 42.2 Å². The van der Waals surface area contributed by atoms with Gasteiger partial charge in [-0.2, -0.15) is 5.10 Å². The number of hydrogen-bond donors (Lipinski definition) is 3. The Kier molecular flexibility index (Phi) is 5.11. The maximum atomic E-state index is 12.8. The third-order valence-corrected chi connectivity index (χ3v) is 5.75. The van der Waals surface area contributed by atoms with Gasteiger partial charge in [0, 0.05) is 24.5 Å². The SMILES string of the molecule is CCCNC(=O)Cc1ccc2[nH]nc(C(=O)N[C@@H]3CN4CCC3CC4)c2c1. The Labute approximate surface area is 158 Å². The monoisotopic (exact) mass is 369 g/mol. The van der Waals surface area contributed by atoms with Gasteiger partial charge in [-0.15, -0.1) is 0 Å². The third kappa shape index (κ3) is 3.83. The lowest BCUT2D eigenvalue weighted by Crippen LogP contribution is -2.57. The minimum atomic E-state index is -0.132. The molecule has 3 fully saturated rings. The van der Waals surface area contributed by atoms with Crippen molar-refractivity contribution in [1.29, 1.82) is 0 Å². The largest absolute Gasteiger partial charge is 0.356 e. The molecule has 0 spiro atoms. The summed E-state index contributed by atoms with van der Waals surface area (Å²) in [6.45, 7) is 5.93. The Bertz CT molecular complexity index is 838. The zero-order valence-electron chi connectivity index (χ0n) is 15.8. The van der Waals surface area contributed by atoms with E-state index in [1.807, 2.05) is 25.1 Å². The first-order valence-corrected chi connectivity index (χ1v) is 9.91. The molecule has 1 aromatic carbocycles. The van der Waals surface area contributed by atoms with Crippen LogP contribution in [0.3, 0.4) is 0 Å². The van der Waals surface area contributed by atoms with Crippen molar-refractivity contribution < 1.29 is 9.59 Å². The maximum Gasteiger partial charge on any atom is 0.272 e. The molecular formula is C20H27N5O2. The number of hydrogen-bond acceptors (Lipinski definition) is 4. The number of aromatic amines is 1. The normalized spacial score (nSPS) is 24.1. The molecule has 0 unspecified atom stereocenters. The van der Waals surface area contributed by atoms with Gasteiger partial charge in [0.15, 0.2) is 5.69 Å². The number of piperidine rings is 3. The Balaban J connectivity index is 1.48. The molecule has 0 radical (unpaired) electrons. The molecule has 0 saturated carbocycles. The van der Waals surface area contributed by atoms with Gasteiger partial charge in [-0.05, 0) is 56.0 Å². The highest BCUT2D eigenvalue weighted by molar-refractivity contribution is 6.05. The van der Waals surface area contributed by atoms with Crippen molar-refractivity contribution in [3.05, 3.63) is 29.5 Å². The van der Waals surface area contributed by atoms with E-state index < -0.39 is 0 Å². The second kappa shape index (κ2) is 7.68. The number of aromatic nitrogens is 2. The van der Waals surface area contributed by atoms with Crippen LogP contribution >= 0.6 is 0 Å². The summed E-state index contributed by atoms with van der Waals surface area (Å²) in [6.07, 6.45) is 3.53. The molecule has 2 amide bonds. The van der Waals surface area contributed by atoms with Crippen molar-refractivity contribution in [1.82, 2.24) is 25.7 Å². The second-order valence-electron chi connectivity index (χ2n) is 7.70. The van der Waals surface area contributed by atoms with Crippen molar-refractivity contribution in [2.75, 3.05) is 26.2 Å². The highest BCUT2D eigenvalue weighted by Gasteiger charge is 2.35. The van der Waals surface area contributed by atoms with Crippen LogP contribution in [0.15, 0.2) is 18.2 Å². The second-order valence-corrected chi connectivity index (χ2v) is 7.70. The van der Waals surface area contributed by atoms with E-state index >= 15 is 0 Å². The maximum absolute atomic E-state index is 12.8. The van der Waals surface area contributed by atoms with Gasteiger partial charge in [0.1, 0.15) is 0 Å². The Morgan fingerprint density at radius 1 is 1.30 bits per heavy atom. The quantitative estimate of drug-likeness (QED) is 0.719. The smallest absolute Gasteiger partial charge is 0.272 e. The molecule has 5 rings (SSSR count). The lowest BCUT2D eigenvalue weighted by Gasteiger charge is -2.44. The molecule has 27 heavy (non-hydrogen) atoms. The molecule has 1 aromatic heterocycles. The summed E-state index contributed by atoms with van der Waals surface area (Å²) in [5.41, 5.74) is 2.11. The number of amides is 2. The van der Waals surface area contributed by atoms with Crippen LogP contribution < -0.4 is 10.6 Å². The van der Waals surface area contributed by atoms with Crippen LogP contribution in [-0.2, 0) is 11.2 Å². The van der Waals surface area contributed by atoms with Crippen molar-refractivity contribution >= 4 is 22.7 Å². The van der Waals surface area contributed by atoms with E-state index in [-0.39, 0.29) is 17.9 Å². The molecule has 7 nitrogen and oxygen atoms in total. The fraction of sp³-hybridized carbons (Fsp3) is 0.550. The van der Waals surface area contributed by atoms with Crippen molar-refractivity contribution in [3.8, 4) is 0 Å². The number of benzene rings is 1. The minimum absolute atomic E-state index is 0.00187.